The Morgan fingerprint density at radius 3 is 2.59 bits per heavy atom. The van der Waals surface area contributed by atoms with Gasteiger partial charge in [0.05, 0.1) is 23.5 Å². The summed E-state index contributed by atoms with van der Waals surface area (Å²) in [6.07, 6.45) is 2.50. The number of nitrogens with zero attached hydrogens (tertiary/aromatic N) is 4. The van der Waals surface area contributed by atoms with Gasteiger partial charge in [0.2, 0.25) is 11.9 Å². The molecule has 0 aliphatic rings. The van der Waals surface area contributed by atoms with E-state index < -0.39 is 11.7 Å². The average molecular weight is 551 g/mol. The van der Waals surface area contributed by atoms with Crippen molar-refractivity contribution >= 4 is 46.6 Å². The first-order chi connectivity index (χ1) is 18.5. The average Bonchev–Trinajstić information content (AvgIpc) is 2.93. The largest absolute Gasteiger partial charge is 0.351 e. The number of halogens is 2. The molecule has 0 saturated heterocycles. The van der Waals surface area contributed by atoms with Crippen LogP contribution >= 0.6 is 11.6 Å². The lowest BCUT2D eigenvalue weighted by Gasteiger charge is -2.26. The lowest BCUT2D eigenvalue weighted by molar-refractivity contribution is -0.113. The second-order valence-corrected chi connectivity index (χ2v) is 9.70. The first kappa shape index (κ1) is 29.0. The van der Waals surface area contributed by atoms with Gasteiger partial charge in [-0.15, -0.1) is 0 Å². The number of rotatable bonds is 11. The van der Waals surface area contributed by atoms with Crippen LogP contribution in [0.3, 0.4) is 0 Å². The molecule has 2 amide bonds. The zero-order chi connectivity index (χ0) is 28.6. The predicted octanol–water partition coefficient (Wildman–Crippen LogP) is 4.41. The lowest BCUT2D eigenvalue weighted by atomic mass is 9.93. The van der Waals surface area contributed by atoms with Crippen molar-refractivity contribution < 1.29 is 14.0 Å². The molecule has 202 valence electrons. The molecule has 0 bridgehead atoms. The highest BCUT2D eigenvalue weighted by molar-refractivity contribution is 6.32. The summed E-state index contributed by atoms with van der Waals surface area (Å²) in [7, 11) is 1.44. The molecule has 4 N–H and O–H groups in total. The fourth-order valence-corrected chi connectivity index (χ4v) is 3.43. The Morgan fingerprint density at radius 2 is 1.92 bits per heavy atom. The topological polar surface area (TPSA) is 135 Å². The van der Waals surface area contributed by atoms with Crippen molar-refractivity contribution in [1.29, 1.82) is 5.26 Å². The van der Waals surface area contributed by atoms with Crippen LogP contribution in [0, 0.1) is 22.6 Å². The van der Waals surface area contributed by atoms with Gasteiger partial charge in [-0.05, 0) is 54.0 Å². The highest BCUT2D eigenvalue weighted by Crippen LogP contribution is 2.26. The molecule has 0 aliphatic heterocycles. The summed E-state index contributed by atoms with van der Waals surface area (Å²) in [5, 5.41) is 15.0. The molecular formula is C27H28ClFN8O2. The zero-order valence-corrected chi connectivity index (χ0v) is 22.4. The minimum atomic E-state index is -0.572. The van der Waals surface area contributed by atoms with Crippen LogP contribution < -0.4 is 26.4 Å². The molecule has 10 nitrogen and oxygen atoms in total. The third-order valence-electron chi connectivity index (χ3n) is 5.59. The van der Waals surface area contributed by atoms with Crippen molar-refractivity contribution in [3.05, 3.63) is 83.3 Å². The Morgan fingerprint density at radius 1 is 1.21 bits per heavy atom. The van der Waals surface area contributed by atoms with E-state index in [9.17, 15) is 14.0 Å². The standard InChI is InChI=1S/C27H28ClFN8O2/c1-5-23(38)37(4)22-12-19(10-11-21(22)29)34-26-31-14-20(28)24(35-26)36-33-16-27(2,3)15-32-25(39)18-8-6-17(13-30)7-9-18/h5-12,14,33H,1,15-16H2,2-4H3,(H,32,39)(H2,31,34,35,36). The van der Waals surface area contributed by atoms with Gasteiger partial charge in [-0.1, -0.05) is 32.0 Å². The predicted molar refractivity (Wildman–Crippen MR) is 149 cm³/mol. The molecule has 39 heavy (non-hydrogen) atoms. The van der Waals surface area contributed by atoms with E-state index in [4.69, 9.17) is 16.9 Å². The fourth-order valence-electron chi connectivity index (χ4n) is 3.29. The highest BCUT2D eigenvalue weighted by Gasteiger charge is 2.20. The first-order valence-corrected chi connectivity index (χ1v) is 12.2. The molecule has 1 aromatic heterocycles. The fraction of sp³-hybridized carbons (Fsp3) is 0.222. The van der Waals surface area contributed by atoms with Gasteiger partial charge in [0.1, 0.15) is 10.8 Å². The molecule has 0 unspecified atom stereocenters. The SMILES string of the molecule is C=CC(=O)N(C)c1cc(Nc2ncc(Cl)c(NNCC(C)(C)CNC(=O)c3ccc(C#N)cc3)n2)ccc1F. The third kappa shape index (κ3) is 7.98. The summed E-state index contributed by atoms with van der Waals surface area (Å²) in [5.41, 5.74) is 7.13. The number of amides is 2. The number of hydrogen-bond donors (Lipinski definition) is 4. The first-order valence-electron chi connectivity index (χ1n) is 11.8. The number of nitriles is 1. The summed E-state index contributed by atoms with van der Waals surface area (Å²) < 4.78 is 14.3. The van der Waals surface area contributed by atoms with Crippen molar-refractivity contribution in [2.45, 2.75) is 13.8 Å². The van der Waals surface area contributed by atoms with Gasteiger partial charge in [-0.3, -0.25) is 9.59 Å². The van der Waals surface area contributed by atoms with Gasteiger partial charge < -0.3 is 21.0 Å². The molecule has 0 aliphatic carbocycles. The Balaban J connectivity index is 1.58. The van der Waals surface area contributed by atoms with Crippen LogP contribution in [0.25, 0.3) is 0 Å². The zero-order valence-electron chi connectivity index (χ0n) is 21.7. The molecule has 1 heterocycles. The van der Waals surface area contributed by atoms with Crippen LogP contribution in [-0.2, 0) is 4.79 Å². The van der Waals surface area contributed by atoms with E-state index in [0.29, 0.717) is 35.7 Å². The van der Waals surface area contributed by atoms with Crippen LogP contribution in [0.4, 0.5) is 27.5 Å². The van der Waals surface area contributed by atoms with E-state index in [-0.39, 0.29) is 28.0 Å². The number of hydrogen-bond acceptors (Lipinski definition) is 8. The van der Waals surface area contributed by atoms with E-state index in [1.54, 1.807) is 24.3 Å². The Labute approximate surface area is 230 Å². The molecule has 0 radical (unpaired) electrons. The van der Waals surface area contributed by atoms with E-state index >= 15 is 0 Å². The number of carbonyl (C=O) groups is 2. The van der Waals surface area contributed by atoms with Gasteiger partial charge in [0.15, 0.2) is 5.82 Å². The Bertz CT molecular complexity index is 1410. The number of benzene rings is 2. The van der Waals surface area contributed by atoms with E-state index in [2.05, 4.69) is 38.0 Å². The quantitative estimate of drug-likeness (QED) is 0.204. The summed E-state index contributed by atoms with van der Waals surface area (Å²) in [6, 6.07) is 12.6. The Hall–Kier alpha value is -4.53. The maximum Gasteiger partial charge on any atom is 0.251 e. The maximum atomic E-state index is 14.3. The van der Waals surface area contributed by atoms with E-state index in [0.717, 1.165) is 11.0 Å². The summed E-state index contributed by atoms with van der Waals surface area (Å²) in [6.45, 7) is 8.17. The van der Waals surface area contributed by atoms with Gasteiger partial charge in [-0.2, -0.15) is 10.2 Å². The molecule has 0 atom stereocenters. The van der Waals surface area contributed by atoms with E-state index in [1.807, 2.05) is 19.9 Å². The van der Waals surface area contributed by atoms with E-state index in [1.165, 1.54) is 31.4 Å². The smallest absolute Gasteiger partial charge is 0.251 e. The normalized spacial score (nSPS) is 10.8. The number of aromatic nitrogens is 2. The van der Waals surface area contributed by atoms with Crippen LogP contribution in [-0.4, -0.2) is 41.9 Å². The van der Waals surface area contributed by atoms with Crippen molar-refractivity contribution in [3.63, 3.8) is 0 Å². The van der Waals surface area contributed by atoms with Gasteiger partial charge in [-0.25, -0.2) is 14.8 Å². The number of hydrazine groups is 1. The number of nitrogens with one attached hydrogen (secondary N) is 4. The van der Waals surface area contributed by atoms with Crippen molar-refractivity contribution in [2.24, 2.45) is 5.41 Å². The molecule has 0 fully saturated rings. The summed E-state index contributed by atoms with van der Waals surface area (Å²) in [5.74, 6) is -0.777. The van der Waals surface area contributed by atoms with Gasteiger partial charge in [0.25, 0.3) is 5.91 Å². The Kier molecular flexibility index (Phi) is 9.54. The highest BCUT2D eigenvalue weighted by atomic mass is 35.5. The molecule has 0 spiro atoms. The number of carbonyl (C=O) groups excluding carboxylic acids is 2. The van der Waals surface area contributed by atoms with Crippen LogP contribution in [0.1, 0.15) is 29.8 Å². The molecule has 3 aromatic rings. The van der Waals surface area contributed by atoms with Crippen LogP contribution in [0.5, 0.6) is 0 Å². The van der Waals surface area contributed by atoms with Crippen molar-refractivity contribution in [1.82, 2.24) is 20.7 Å². The second kappa shape index (κ2) is 12.8. The summed E-state index contributed by atoms with van der Waals surface area (Å²) >= 11 is 6.24. The lowest BCUT2D eigenvalue weighted by Crippen LogP contribution is -2.42. The molecule has 2 aromatic carbocycles. The van der Waals surface area contributed by atoms with Crippen molar-refractivity contribution in [2.75, 3.05) is 35.8 Å². The molecular weight excluding hydrogens is 523 g/mol. The molecule has 0 saturated carbocycles. The molecule has 3 rings (SSSR count). The summed E-state index contributed by atoms with van der Waals surface area (Å²) in [4.78, 5) is 34.0. The second-order valence-electron chi connectivity index (χ2n) is 9.30. The minimum Gasteiger partial charge on any atom is -0.351 e. The van der Waals surface area contributed by atoms with Gasteiger partial charge in [0, 0.05) is 31.4 Å². The monoisotopic (exact) mass is 550 g/mol. The van der Waals surface area contributed by atoms with Gasteiger partial charge >= 0.3 is 0 Å². The van der Waals surface area contributed by atoms with Crippen LogP contribution in [0.15, 0.2) is 61.3 Å². The van der Waals surface area contributed by atoms with Crippen LogP contribution in [0.2, 0.25) is 5.02 Å². The third-order valence-corrected chi connectivity index (χ3v) is 5.87. The maximum absolute atomic E-state index is 14.3. The number of anilines is 4. The number of likely N-dealkylation sites (N-methyl/N-ethyl adjacent to an activating group) is 1. The minimum absolute atomic E-state index is 0.0624. The van der Waals surface area contributed by atoms with Crippen molar-refractivity contribution in [3.8, 4) is 6.07 Å². The molecule has 12 heteroatoms.